The molecule has 2 heterocycles. The van der Waals surface area contributed by atoms with Gasteiger partial charge < -0.3 is 19.9 Å². The molecule has 1 aliphatic rings. The first kappa shape index (κ1) is 18.6. The van der Waals surface area contributed by atoms with E-state index in [9.17, 15) is 5.26 Å². The van der Waals surface area contributed by atoms with Gasteiger partial charge in [-0.1, -0.05) is 26.8 Å². The summed E-state index contributed by atoms with van der Waals surface area (Å²) < 4.78 is 16.7. The number of benzene rings is 1. The average molecular weight is 368 g/mol. The standard InChI is InChI=1S/C20H24N4O3/c1-6-26-14-9-11(7-8-13(14)25-5)15-12(10-21)18(22)27-19-16(15)17(23-24-19)20(2,3)4/h7-9,15H,6,22H2,1-5H3,(H,23,24). The van der Waals surface area contributed by atoms with E-state index in [1.807, 2.05) is 25.1 Å². The predicted molar refractivity (Wildman–Crippen MR) is 101 cm³/mol. The molecule has 0 aliphatic carbocycles. The molecule has 1 aliphatic heterocycles. The number of hydrogen-bond donors (Lipinski definition) is 2. The monoisotopic (exact) mass is 368 g/mol. The Kier molecular flexibility index (Phi) is 4.75. The highest BCUT2D eigenvalue weighted by atomic mass is 16.5. The van der Waals surface area contributed by atoms with Crippen LogP contribution in [0.4, 0.5) is 0 Å². The summed E-state index contributed by atoms with van der Waals surface area (Å²) in [5, 5.41) is 17.1. The van der Waals surface area contributed by atoms with E-state index >= 15 is 0 Å². The summed E-state index contributed by atoms with van der Waals surface area (Å²) >= 11 is 0. The number of H-pyrrole nitrogens is 1. The number of methoxy groups -OCH3 is 1. The lowest BCUT2D eigenvalue weighted by Crippen LogP contribution is -2.24. The Labute approximate surface area is 158 Å². The fourth-order valence-corrected chi connectivity index (χ4v) is 3.29. The highest BCUT2D eigenvalue weighted by Gasteiger charge is 2.38. The summed E-state index contributed by atoms with van der Waals surface area (Å²) in [6, 6.07) is 7.83. The number of allylic oxidation sites excluding steroid dienone is 1. The molecular weight excluding hydrogens is 344 g/mol. The van der Waals surface area contributed by atoms with Gasteiger partial charge in [-0.2, -0.15) is 5.26 Å². The van der Waals surface area contributed by atoms with E-state index in [0.29, 0.717) is 29.6 Å². The average Bonchev–Trinajstić information content (AvgIpc) is 3.04. The van der Waals surface area contributed by atoms with Gasteiger partial charge in [-0.3, -0.25) is 5.10 Å². The summed E-state index contributed by atoms with van der Waals surface area (Å²) in [5.41, 5.74) is 8.74. The van der Waals surface area contributed by atoms with Crippen molar-refractivity contribution in [2.45, 2.75) is 39.0 Å². The summed E-state index contributed by atoms with van der Waals surface area (Å²) in [7, 11) is 1.59. The lowest BCUT2D eigenvalue weighted by molar-refractivity contribution is 0.310. The van der Waals surface area contributed by atoms with Crippen molar-refractivity contribution in [3.63, 3.8) is 0 Å². The maximum absolute atomic E-state index is 9.77. The van der Waals surface area contributed by atoms with Crippen LogP contribution in [0.1, 0.15) is 50.4 Å². The van der Waals surface area contributed by atoms with Crippen LogP contribution in [-0.2, 0) is 5.41 Å². The van der Waals surface area contributed by atoms with E-state index in [4.69, 9.17) is 19.9 Å². The molecule has 2 aromatic rings. The minimum absolute atomic E-state index is 0.0655. The maximum atomic E-state index is 9.77. The Morgan fingerprint density at radius 3 is 2.67 bits per heavy atom. The third-order valence-electron chi connectivity index (χ3n) is 4.51. The number of rotatable bonds is 4. The van der Waals surface area contributed by atoms with Gasteiger partial charge in [0, 0.05) is 11.1 Å². The molecule has 1 atom stereocenters. The van der Waals surface area contributed by atoms with Crippen molar-refractivity contribution in [3.8, 4) is 23.4 Å². The van der Waals surface area contributed by atoms with Crippen LogP contribution in [0.3, 0.4) is 0 Å². The normalized spacial score (nSPS) is 16.4. The maximum Gasteiger partial charge on any atom is 0.244 e. The van der Waals surface area contributed by atoms with Crippen LogP contribution in [-0.4, -0.2) is 23.9 Å². The minimum Gasteiger partial charge on any atom is -0.493 e. The fourth-order valence-electron chi connectivity index (χ4n) is 3.29. The van der Waals surface area contributed by atoms with Gasteiger partial charge in [-0.15, -0.1) is 5.10 Å². The molecule has 1 aromatic carbocycles. The molecule has 0 amide bonds. The molecule has 0 bridgehead atoms. The number of aromatic nitrogens is 2. The third-order valence-corrected chi connectivity index (χ3v) is 4.51. The fraction of sp³-hybridized carbons (Fsp3) is 0.400. The van der Waals surface area contributed by atoms with Gasteiger partial charge in [-0.25, -0.2) is 0 Å². The number of fused-ring (bicyclic) bond motifs is 1. The number of nitrogens with two attached hydrogens (primary N) is 1. The van der Waals surface area contributed by atoms with Crippen molar-refractivity contribution in [2.75, 3.05) is 13.7 Å². The molecule has 0 spiro atoms. The second kappa shape index (κ2) is 6.88. The molecule has 3 N–H and O–H groups in total. The second-order valence-electron chi connectivity index (χ2n) is 7.34. The van der Waals surface area contributed by atoms with E-state index in [-0.39, 0.29) is 11.3 Å². The Balaban J connectivity index is 2.24. The molecule has 0 radical (unpaired) electrons. The number of hydrogen-bond acceptors (Lipinski definition) is 6. The van der Waals surface area contributed by atoms with E-state index in [2.05, 4.69) is 37.0 Å². The molecule has 27 heavy (non-hydrogen) atoms. The zero-order valence-corrected chi connectivity index (χ0v) is 16.2. The Bertz CT molecular complexity index is 932. The van der Waals surface area contributed by atoms with Crippen LogP contribution >= 0.6 is 0 Å². The number of aromatic amines is 1. The van der Waals surface area contributed by atoms with Gasteiger partial charge in [0.2, 0.25) is 11.8 Å². The SMILES string of the molecule is CCOc1cc(C2C(C#N)=C(N)Oc3n[nH]c(C(C)(C)C)c32)ccc1OC. The lowest BCUT2D eigenvalue weighted by Gasteiger charge is -2.27. The zero-order valence-electron chi connectivity index (χ0n) is 16.2. The van der Waals surface area contributed by atoms with Crippen LogP contribution in [0.15, 0.2) is 29.7 Å². The highest BCUT2D eigenvalue weighted by Crippen LogP contribution is 2.46. The van der Waals surface area contributed by atoms with Crippen molar-refractivity contribution in [3.05, 3.63) is 46.5 Å². The van der Waals surface area contributed by atoms with Crippen molar-refractivity contribution in [1.29, 1.82) is 5.26 Å². The van der Waals surface area contributed by atoms with Crippen LogP contribution in [0.2, 0.25) is 0 Å². The Morgan fingerprint density at radius 1 is 1.33 bits per heavy atom. The van der Waals surface area contributed by atoms with Gasteiger partial charge in [0.25, 0.3) is 0 Å². The molecule has 0 saturated carbocycles. The van der Waals surface area contributed by atoms with Gasteiger partial charge >= 0.3 is 0 Å². The topological polar surface area (TPSA) is 106 Å². The minimum atomic E-state index is -0.406. The molecule has 3 rings (SSSR count). The summed E-state index contributed by atoms with van der Waals surface area (Å²) in [6.45, 7) is 8.63. The number of nitriles is 1. The smallest absolute Gasteiger partial charge is 0.244 e. The van der Waals surface area contributed by atoms with Crippen molar-refractivity contribution in [2.24, 2.45) is 5.73 Å². The number of nitrogens with zero attached hydrogens (tertiary/aromatic N) is 2. The molecule has 142 valence electrons. The van der Waals surface area contributed by atoms with E-state index < -0.39 is 5.92 Å². The first-order valence-corrected chi connectivity index (χ1v) is 8.78. The van der Waals surface area contributed by atoms with Crippen molar-refractivity contribution < 1.29 is 14.2 Å². The number of ether oxygens (including phenoxy) is 3. The van der Waals surface area contributed by atoms with Crippen molar-refractivity contribution in [1.82, 2.24) is 10.2 Å². The summed E-state index contributed by atoms with van der Waals surface area (Å²) in [4.78, 5) is 0. The van der Waals surface area contributed by atoms with Crippen LogP contribution in [0.25, 0.3) is 0 Å². The summed E-state index contributed by atoms with van der Waals surface area (Å²) in [6.07, 6.45) is 0. The molecule has 7 heteroatoms. The molecule has 0 saturated heterocycles. The predicted octanol–water partition coefficient (Wildman–Crippen LogP) is 3.33. The van der Waals surface area contributed by atoms with Gasteiger partial charge in [0.05, 0.1) is 25.2 Å². The first-order chi connectivity index (χ1) is 12.8. The Hall–Kier alpha value is -3.14. The zero-order chi connectivity index (χ0) is 19.8. The second-order valence-corrected chi connectivity index (χ2v) is 7.34. The highest BCUT2D eigenvalue weighted by molar-refractivity contribution is 5.58. The van der Waals surface area contributed by atoms with E-state index in [1.54, 1.807) is 7.11 Å². The van der Waals surface area contributed by atoms with Crippen LogP contribution in [0, 0.1) is 11.3 Å². The number of nitrogens with one attached hydrogen (secondary N) is 1. The van der Waals surface area contributed by atoms with E-state index in [1.165, 1.54) is 0 Å². The lowest BCUT2D eigenvalue weighted by atomic mass is 9.79. The van der Waals surface area contributed by atoms with Gasteiger partial charge in [0.1, 0.15) is 11.6 Å². The molecule has 0 fully saturated rings. The first-order valence-electron chi connectivity index (χ1n) is 8.78. The quantitative estimate of drug-likeness (QED) is 0.857. The Morgan fingerprint density at radius 2 is 2.07 bits per heavy atom. The molecule has 7 nitrogen and oxygen atoms in total. The van der Waals surface area contributed by atoms with Gasteiger partial charge in [-0.05, 0) is 24.6 Å². The van der Waals surface area contributed by atoms with Gasteiger partial charge in [0.15, 0.2) is 11.5 Å². The van der Waals surface area contributed by atoms with Crippen molar-refractivity contribution >= 4 is 0 Å². The molecule has 1 aromatic heterocycles. The summed E-state index contributed by atoms with van der Waals surface area (Å²) in [5.74, 6) is 1.30. The third kappa shape index (κ3) is 3.19. The molecule has 1 unspecified atom stereocenters. The van der Waals surface area contributed by atoms with E-state index in [0.717, 1.165) is 16.8 Å². The largest absolute Gasteiger partial charge is 0.493 e. The van der Waals surface area contributed by atoms with Crippen LogP contribution in [0.5, 0.6) is 17.4 Å². The molecular formula is C20H24N4O3. The van der Waals surface area contributed by atoms with Crippen LogP contribution < -0.4 is 19.9 Å².